The first-order valence-electron chi connectivity index (χ1n) is 9.22. The second-order valence-corrected chi connectivity index (χ2v) is 11.8. The zero-order valence-corrected chi connectivity index (χ0v) is 18.6. The maximum atomic E-state index is 12.4. The number of likely N-dealkylation sites (N-methyl/N-ethyl adjacent to an activating group) is 1. The molecule has 1 heterocycles. The van der Waals surface area contributed by atoms with E-state index < -0.39 is 20.8 Å². The highest BCUT2D eigenvalue weighted by molar-refractivity contribution is 7.91. The summed E-state index contributed by atoms with van der Waals surface area (Å²) in [6, 6.07) is 3.60. The fourth-order valence-corrected chi connectivity index (χ4v) is 6.87. The summed E-state index contributed by atoms with van der Waals surface area (Å²) in [6.07, 6.45) is 4.00. The molecule has 27 heavy (non-hydrogen) atoms. The Morgan fingerprint density at radius 1 is 1.44 bits per heavy atom. The lowest BCUT2D eigenvalue weighted by Crippen LogP contribution is -2.48. The minimum Gasteiger partial charge on any atom is -0.355 e. The molecule has 2 rings (SSSR count). The van der Waals surface area contributed by atoms with Crippen LogP contribution in [0, 0.1) is 0 Å². The van der Waals surface area contributed by atoms with Crippen LogP contribution < -0.4 is 10.6 Å². The maximum absolute atomic E-state index is 12.4. The van der Waals surface area contributed by atoms with Crippen LogP contribution in [0.1, 0.15) is 32.6 Å². The van der Waals surface area contributed by atoms with Crippen LogP contribution in [0.2, 0.25) is 0 Å². The van der Waals surface area contributed by atoms with E-state index in [4.69, 9.17) is 0 Å². The van der Waals surface area contributed by atoms with Crippen LogP contribution in [0.15, 0.2) is 26.7 Å². The van der Waals surface area contributed by atoms with Crippen molar-refractivity contribution < 1.29 is 12.6 Å². The van der Waals surface area contributed by atoms with E-state index in [2.05, 4.69) is 15.6 Å². The molecule has 0 saturated heterocycles. The highest BCUT2D eigenvalue weighted by Gasteiger charge is 2.26. The van der Waals surface area contributed by atoms with Gasteiger partial charge in [-0.3, -0.25) is 9.20 Å². The Labute approximate surface area is 169 Å². The van der Waals surface area contributed by atoms with E-state index in [0.29, 0.717) is 29.0 Å². The Bertz CT molecular complexity index is 735. The molecule has 1 fully saturated rings. The zero-order valence-electron chi connectivity index (χ0n) is 16.2. The summed E-state index contributed by atoms with van der Waals surface area (Å²) in [5.41, 5.74) is 0. The Hall–Kier alpha value is -0.970. The van der Waals surface area contributed by atoms with Gasteiger partial charge in [-0.1, -0.05) is 19.4 Å². The fraction of sp³-hybridized carbons (Fsp3) is 0.706. The maximum Gasteiger partial charge on any atom is 0.252 e. The van der Waals surface area contributed by atoms with Crippen molar-refractivity contribution in [3.8, 4) is 0 Å². The van der Waals surface area contributed by atoms with Crippen LogP contribution in [-0.4, -0.2) is 67.1 Å². The Balaban J connectivity index is 1.81. The molecular weight excluding hydrogens is 404 g/mol. The van der Waals surface area contributed by atoms with Crippen molar-refractivity contribution in [3.05, 3.63) is 17.5 Å². The van der Waals surface area contributed by atoms with Gasteiger partial charge in [0.1, 0.15) is 4.21 Å². The lowest BCUT2D eigenvalue weighted by Gasteiger charge is -2.30. The third-order valence-electron chi connectivity index (χ3n) is 4.73. The van der Waals surface area contributed by atoms with Gasteiger partial charge < -0.3 is 10.6 Å². The van der Waals surface area contributed by atoms with Crippen LogP contribution >= 0.6 is 11.3 Å². The number of thiophene rings is 1. The van der Waals surface area contributed by atoms with Gasteiger partial charge in [0.25, 0.3) is 10.0 Å². The summed E-state index contributed by atoms with van der Waals surface area (Å²) in [5.74, 6) is 1.36. The fourth-order valence-electron chi connectivity index (χ4n) is 3.15. The molecule has 1 aromatic rings. The Morgan fingerprint density at radius 3 is 2.85 bits per heavy atom. The molecule has 7 nitrogen and oxygen atoms in total. The number of aliphatic imine (C=N–C) groups is 1. The van der Waals surface area contributed by atoms with Crippen molar-refractivity contribution in [2.75, 3.05) is 32.9 Å². The lowest BCUT2D eigenvalue weighted by atomic mass is 9.95. The van der Waals surface area contributed by atoms with Gasteiger partial charge >= 0.3 is 0 Å². The summed E-state index contributed by atoms with van der Waals surface area (Å²) in [5, 5.41) is 8.59. The first kappa shape index (κ1) is 22.3. The topological polar surface area (TPSA) is 90.9 Å². The largest absolute Gasteiger partial charge is 0.355 e. The molecule has 0 aliphatic heterocycles. The molecule has 0 aromatic carbocycles. The van der Waals surface area contributed by atoms with Crippen molar-refractivity contribution >= 4 is 38.1 Å². The number of hydrogen-bond acceptors (Lipinski definition) is 5. The first-order chi connectivity index (χ1) is 12.9. The van der Waals surface area contributed by atoms with Crippen molar-refractivity contribution in [2.24, 2.45) is 4.99 Å². The third kappa shape index (κ3) is 6.27. The van der Waals surface area contributed by atoms with Crippen molar-refractivity contribution in [3.63, 3.8) is 0 Å². The predicted octanol–water partition coefficient (Wildman–Crippen LogP) is 1.61. The normalized spacial score (nSPS) is 22.6. The molecule has 1 aliphatic rings. The van der Waals surface area contributed by atoms with Gasteiger partial charge in [0.05, 0.1) is 0 Å². The van der Waals surface area contributed by atoms with Gasteiger partial charge in [0.2, 0.25) is 0 Å². The van der Waals surface area contributed by atoms with Crippen LogP contribution in [0.3, 0.4) is 0 Å². The van der Waals surface area contributed by atoms with Crippen LogP contribution in [0.5, 0.6) is 0 Å². The third-order valence-corrected chi connectivity index (χ3v) is 9.70. The van der Waals surface area contributed by atoms with Crippen LogP contribution in [-0.2, 0) is 20.8 Å². The number of guanidine groups is 1. The van der Waals surface area contributed by atoms with Gasteiger partial charge in [0.15, 0.2) is 5.96 Å². The van der Waals surface area contributed by atoms with Crippen molar-refractivity contribution in [1.82, 2.24) is 14.9 Å². The van der Waals surface area contributed by atoms with Gasteiger partial charge in [0, 0.05) is 55.0 Å². The summed E-state index contributed by atoms with van der Waals surface area (Å²) in [6.45, 7) is 2.76. The molecule has 1 saturated carbocycles. The number of hydrogen-bond donors (Lipinski definition) is 2. The smallest absolute Gasteiger partial charge is 0.252 e. The summed E-state index contributed by atoms with van der Waals surface area (Å²) in [7, 11) is -0.907. The van der Waals surface area contributed by atoms with Crippen LogP contribution in [0.4, 0.5) is 0 Å². The van der Waals surface area contributed by atoms with Gasteiger partial charge in [-0.2, -0.15) is 4.31 Å². The molecule has 0 bridgehead atoms. The quantitative estimate of drug-likeness (QED) is 0.479. The minimum atomic E-state index is -3.43. The van der Waals surface area contributed by atoms with E-state index in [0.717, 1.165) is 25.7 Å². The number of nitrogens with one attached hydrogen (secondary N) is 2. The predicted molar refractivity (Wildman–Crippen MR) is 113 cm³/mol. The van der Waals surface area contributed by atoms with Crippen LogP contribution in [0.25, 0.3) is 0 Å². The standard InChI is InChI=1S/C17H30N4O3S3/c1-4-26(22)15-8-5-7-14(13-15)20-17(18-2)19-10-11-21(3)27(23,24)16-9-6-12-25-16/h6,9,12,14-15H,4-5,7-8,10-11,13H2,1-3H3,(H2,18,19,20). The minimum absolute atomic E-state index is 0.248. The molecule has 154 valence electrons. The van der Waals surface area contributed by atoms with Crippen molar-refractivity contribution in [2.45, 2.75) is 48.1 Å². The molecule has 2 N–H and O–H groups in total. The van der Waals surface area contributed by atoms with E-state index in [9.17, 15) is 12.6 Å². The first-order valence-corrected chi connectivity index (χ1v) is 12.9. The van der Waals surface area contributed by atoms with E-state index in [1.807, 2.05) is 6.92 Å². The average Bonchev–Trinajstić information content (AvgIpc) is 3.22. The monoisotopic (exact) mass is 434 g/mol. The van der Waals surface area contributed by atoms with Gasteiger partial charge in [-0.15, -0.1) is 11.3 Å². The van der Waals surface area contributed by atoms with E-state index in [-0.39, 0.29) is 11.3 Å². The molecule has 0 radical (unpaired) electrons. The highest BCUT2D eigenvalue weighted by Crippen LogP contribution is 2.23. The lowest BCUT2D eigenvalue weighted by molar-refractivity contribution is 0.412. The Morgan fingerprint density at radius 2 is 2.22 bits per heavy atom. The molecule has 10 heteroatoms. The van der Waals surface area contributed by atoms with E-state index >= 15 is 0 Å². The number of sulfonamides is 1. The molecular formula is C17H30N4O3S3. The molecule has 0 spiro atoms. The number of nitrogens with zero attached hydrogens (tertiary/aromatic N) is 2. The zero-order chi connectivity index (χ0) is 19.9. The summed E-state index contributed by atoms with van der Waals surface area (Å²) in [4.78, 5) is 4.23. The molecule has 3 atom stereocenters. The molecule has 3 unspecified atom stereocenters. The van der Waals surface area contributed by atoms with Crippen molar-refractivity contribution in [1.29, 1.82) is 0 Å². The molecule has 0 amide bonds. The molecule has 1 aliphatic carbocycles. The molecule has 1 aromatic heterocycles. The Kier molecular flexibility index (Phi) is 8.71. The van der Waals surface area contributed by atoms with Gasteiger partial charge in [-0.25, -0.2) is 8.42 Å². The summed E-state index contributed by atoms with van der Waals surface area (Å²) >= 11 is 1.22. The second kappa shape index (κ2) is 10.5. The average molecular weight is 435 g/mol. The highest BCUT2D eigenvalue weighted by atomic mass is 32.2. The van der Waals surface area contributed by atoms with Gasteiger partial charge in [-0.05, 0) is 30.7 Å². The number of rotatable bonds is 8. The van der Waals surface area contributed by atoms with E-state index in [1.54, 1.807) is 31.6 Å². The summed E-state index contributed by atoms with van der Waals surface area (Å²) < 4.78 is 38.6. The SMILES string of the molecule is CCS(=O)C1CCCC(NC(=NC)NCCN(C)S(=O)(=O)c2cccs2)C1. The van der Waals surface area contributed by atoms with E-state index in [1.165, 1.54) is 15.6 Å². The second-order valence-electron chi connectivity index (χ2n) is 6.56.